The second kappa shape index (κ2) is 4.76. The molecular formula is C11H10N2O2S. The van der Waals surface area contributed by atoms with Gasteiger partial charge in [0.1, 0.15) is 5.69 Å². The Kier molecular flexibility index (Phi) is 3.16. The topological polar surface area (TPSA) is 55.1 Å². The van der Waals surface area contributed by atoms with Crippen LogP contribution in [-0.2, 0) is 0 Å². The van der Waals surface area contributed by atoms with Crippen LogP contribution in [0.5, 0.6) is 0 Å². The Balaban J connectivity index is 2.13. The van der Waals surface area contributed by atoms with E-state index in [-0.39, 0.29) is 5.91 Å². The van der Waals surface area contributed by atoms with Gasteiger partial charge in [-0.1, -0.05) is 6.08 Å². The van der Waals surface area contributed by atoms with Crippen molar-refractivity contribution in [3.63, 3.8) is 0 Å². The molecule has 2 heterocycles. The van der Waals surface area contributed by atoms with E-state index in [1.165, 1.54) is 11.3 Å². The van der Waals surface area contributed by atoms with Gasteiger partial charge < -0.3 is 9.73 Å². The third-order valence-corrected chi connectivity index (χ3v) is 2.73. The van der Waals surface area contributed by atoms with Crippen molar-refractivity contribution in [2.24, 2.45) is 0 Å². The van der Waals surface area contributed by atoms with E-state index in [0.29, 0.717) is 23.0 Å². The molecule has 0 saturated heterocycles. The zero-order chi connectivity index (χ0) is 11.4. The summed E-state index contributed by atoms with van der Waals surface area (Å²) >= 11 is 1.38. The molecule has 0 bridgehead atoms. The molecule has 16 heavy (non-hydrogen) atoms. The van der Waals surface area contributed by atoms with Crippen molar-refractivity contribution >= 4 is 17.2 Å². The minimum atomic E-state index is -0.200. The lowest BCUT2D eigenvalue weighted by Crippen LogP contribution is -2.23. The lowest BCUT2D eigenvalue weighted by atomic mass is 10.4. The number of aromatic nitrogens is 1. The Bertz CT molecular complexity index is 488. The first-order chi connectivity index (χ1) is 7.81. The number of rotatable bonds is 4. The Morgan fingerprint density at radius 2 is 2.56 bits per heavy atom. The quantitative estimate of drug-likeness (QED) is 0.826. The Morgan fingerprint density at radius 1 is 1.69 bits per heavy atom. The number of nitrogens with zero attached hydrogens (tertiary/aromatic N) is 1. The van der Waals surface area contributed by atoms with Gasteiger partial charge in [-0.15, -0.1) is 17.9 Å². The second-order valence-corrected chi connectivity index (χ2v) is 3.87. The van der Waals surface area contributed by atoms with Crippen molar-refractivity contribution in [1.82, 2.24) is 10.3 Å². The molecule has 5 heteroatoms. The van der Waals surface area contributed by atoms with Crippen LogP contribution in [0.4, 0.5) is 0 Å². The van der Waals surface area contributed by atoms with Gasteiger partial charge in [0, 0.05) is 11.9 Å². The third-order valence-electron chi connectivity index (χ3n) is 1.88. The molecule has 0 unspecified atom stereocenters. The first-order valence-corrected chi connectivity index (χ1v) is 5.57. The van der Waals surface area contributed by atoms with Crippen LogP contribution in [0.15, 0.2) is 40.8 Å². The standard InChI is InChI=1S/C11H10N2O2S/c1-2-5-12-10(14)8-7-16-11(13-8)9-4-3-6-15-9/h2-4,6-7H,1,5H2,(H,12,14). The van der Waals surface area contributed by atoms with Gasteiger partial charge in [-0.25, -0.2) is 4.98 Å². The smallest absolute Gasteiger partial charge is 0.271 e. The zero-order valence-electron chi connectivity index (χ0n) is 8.47. The Morgan fingerprint density at radius 3 is 3.25 bits per heavy atom. The summed E-state index contributed by atoms with van der Waals surface area (Å²) in [6.45, 7) is 3.96. The number of amides is 1. The van der Waals surface area contributed by atoms with Crippen LogP contribution < -0.4 is 5.32 Å². The van der Waals surface area contributed by atoms with Crippen LogP contribution in [0.2, 0.25) is 0 Å². The fourth-order valence-corrected chi connectivity index (χ4v) is 1.91. The number of hydrogen-bond acceptors (Lipinski definition) is 4. The van der Waals surface area contributed by atoms with Crippen molar-refractivity contribution in [2.45, 2.75) is 0 Å². The van der Waals surface area contributed by atoms with Gasteiger partial charge in [-0.2, -0.15) is 0 Å². The summed E-state index contributed by atoms with van der Waals surface area (Å²) < 4.78 is 5.19. The molecule has 0 fully saturated rings. The first-order valence-electron chi connectivity index (χ1n) is 4.70. The molecule has 2 aromatic rings. The van der Waals surface area contributed by atoms with Gasteiger partial charge in [0.05, 0.1) is 6.26 Å². The van der Waals surface area contributed by atoms with Crippen LogP contribution in [0, 0.1) is 0 Å². The number of nitrogens with one attached hydrogen (secondary N) is 1. The first kappa shape index (κ1) is 10.6. The Hall–Kier alpha value is -1.88. The predicted molar refractivity (Wildman–Crippen MR) is 62.3 cm³/mol. The van der Waals surface area contributed by atoms with Crippen molar-refractivity contribution < 1.29 is 9.21 Å². The minimum absolute atomic E-state index is 0.200. The van der Waals surface area contributed by atoms with E-state index in [1.807, 2.05) is 6.07 Å². The molecule has 2 rings (SSSR count). The monoisotopic (exact) mass is 234 g/mol. The van der Waals surface area contributed by atoms with E-state index >= 15 is 0 Å². The lowest BCUT2D eigenvalue weighted by molar-refractivity contribution is 0.0954. The van der Waals surface area contributed by atoms with Crippen LogP contribution in [0.25, 0.3) is 10.8 Å². The van der Waals surface area contributed by atoms with Crippen LogP contribution in [-0.4, -0.2) is 17.4 Å². The maximum Gasteiger partial charge on any atom is 0.271 e. The summed E-state index contributed by atoms with van der Waals surface area (Å²) in [5, 5.41) is 5.07. The molecule has 1 N–H and O–H groups in total. The molecule has 0 aliphatic heterocycles. The van der Waals surface area contributed by atoms with E-state index in [2.05, 4.69) is 16.9 Å². The summed E-state index contributed by atoms with van der Waals surface area (Å²) in [6.07, 6.45) is 3.20. The lowest BCUT2D eigenvalue weighted by Gasteiger charge is -1.96. The molecule has 82 valence electrons. The molecule has 0 radical (unpaired) electrons. The van der Waals surface area contributed by atoms with Crippen molar-refractivity contribution in [3.8, 4) is 10.8 Å². The summed E-state index contributed by atoms with van der Waals surface area (Å²) in [4.78, 5) is 15.7. The SMILES string of the molecule is C=CCNC(=O)c1csc(-c2ccco2)n1. The summed E-state index contributed by atoms with van der Waals surface area (Å²) in [7, 11) is 0. The molecule has 0 spiro atoms. The number of hydrogen-bond donors (Lipinski definition) is 1. The largest absolute Gasteiger partial charge is 0.462 e. The molecule has 1 amide bonds. The van der Waals surface area contributed by atoms with E-state index in [4.69, 9.17) is 4.42 Å². The van der Waals surface area contributed by atoms with E-state index < -0.39 is 0 Å². The predicted octanol–water partition coefficient (Wildman–Crippen LogP) is 2.32. The number of thiazole rings is 1. The highest BCUT2D eigenvalue weighted by atomic mass is 32.1. The number of furan rings is 1. The molecule has 0 aliphatic rings. The highest BCUT2D eigenvalue weighted by molar-refractivity contribution is 7.13. The fraction of sp³-hybridized carbons (Fsp3) is 0.0909. The number of carbonyl (C=O) groups is 1. The molecule has 0 aliphatic carbocycles. The van der Waals surface area contributed by atoms with Gasteiger partial charge in [0.15, 0.2) is 10.8 Å². The average Bonchev–Trinajstić information content (AvgIpc) is 2.94. The third kappa shape index (κ3) is 2.20. The van der Waals surface area contributed by atoms with Crippen LogP contribution in [0.1, 0.15) is 10.5 Å². The summed E-state index contributed by atoms with van der Waals surface area (Å²) in [5.41, 5.74) is 0.401. The molecule has 0 atom stereocenters. The molecule has 2 aromatic heterocycles. The van der Waals surface area contributed by atoms with Gasteiger partial charge >= 0.3 is 0 Å². The molecule has 0 aromatic carbocycles. The van der Waals surface area contributed by atoms with Gasteiger partial charge in [0.25, 0.3) is 5.91 Å². The zero-order valence-corrected chi connectivity index (χ0v) is 9.29. The molecule has 0 saturated carbocycles. The number of carbonyl (C=O) groups excluding carboxylic acids is 1. The Labute approximate surface area is 96.6 Å². The molecular weight excluding hydrogens is 224 g/mol. The molecule has 4 nitrogen and oxygen atoms in total. The maximum atomic E-state index is 11.5. The summed E-state index contributed by atoms with van der Waals surface area (Å²) in [5.74, 6) is 0.474. The van der Waals surface area contributed by atoms with Crippen LogP contribution >= 0.6 is 11.3 Å². The summed E-state index contributed by atoms with van der Waals surface area (Å²) in [6, 6.07) is 3.60. The van der Waals surface area contributed by atoms with Crippen molar-refractivity contribution in [2.75, 3.05) is 6.54 Å². The van der Waals surface area contributed by atoms with E-state index in [1.54, 1.807) is 23.8 Å². The highest BCUT2D eigenvalue weighted by Crippen LogP contribution is 2.23. The minimum Gasteiger partial charge on any atom is -0.462 e. The van der Waals surface area contributed by atoms with Gasteiger partial charge in [-0.05, 0) is 12.1 Å². The van der Waals surface area contributed by atoms with E-state index in [9.17, 15) is 4.79 Å². The average molecular weight is 234 g/mol. The van der Waals surface area contributed by atoms with E-state index in [0.717, 1.165) is 0 Å². The fourth-order valence-electron chi connectivity index (χ4n) is 1.15. The normalized spacial score (nSPS) is 10.0. The van der Waals surface area contributed by atoms with Gasteiger partial charge in [-0.3, -0.25) is 4.79 Å². The maximum absolute atomic E-state index is 11.5. The van der Waals surface area contributed by atoms with Crippen molar-refractivity contribution in [3.05, 3.63) is 42.1 Å². The van der Waals surface area contributed by atoms with Crippen molar-refractivity contribution in [1.29, 1.82) is 0 Å². The second-order valence-electron chi connectivity index (χ2n) is 3.01. The van der Waals surface area contributed by atoms with Crippen LogP contribution in [0.3, 0.4) is 0 Å². The van der Waals surface area contributed by atoms with Gasteiger partial charge in [0.2, 0.25) is 0 Å². The highest BCUT2D eigenvalue weighted by Gasteiger charge is 2.11.